The third-order valence-electron chi connectivity index (χ3n) is 13.5. The van der Waals surface area contributed by atoms with Crippen LogP contribution in [-0.2, 0) is 56.3 Å². The first-order valence-corrected chi connectivity index (χ1v) is 19.2. The summed E-state index contributed by atoms with van der Waals surface area (Å²) >= 11 is 0. The molecule has 6 heteroatoms. The number of anilines is 2. The van der Waals surface area contributed by atoms with Crippen LogP contribution in [0.4, 0.5) is 22.7 Å². The van der Waals surface area contributed by atoms with Gasteiger partial charge >= 0.3 is 43.4 Å². The molecule has 302 valence electrons. The van der Waals surface area contributed by atoms with Gasteiger partial charge in [0.25, 0.3) is 0 Å². The van der Waals surface area contributed by atoms with Crippen molar-refractivity contribution in [3.8, 4) is 0 Å². The average molecular weight is 835 g/mol. The molecule has 2 saturated carbocycles. The molecule has 2 aliphatic carbocycles. The van der Waals surface area contributed by atoms with Crippen LogP contribution in [0.15, 0.2) is 84.9 Å². The van der Waals surface area contributed by atoms with Gasteiger partial charge in [0.15, 0.2) is 0 Å². The summed E-state index contributed by atoms with van der Waals surface area (Å²) < 4.78 is 0. The van der Waals surface area contributed by atoms with Crippen molar-refractivity contribution in [2.45, 2.75) is 101 Å². The van der Waals surface area contributed by atoms with Crippen molar-refractivity contribution in [1.29, 1.82) is 0 Å². The van der Waals surface area contributed by atoms with Gasteiger partial charge in [-0.2, -0.15) is 0 Å². The number of nitrogens with zero attached hydrogens (tertiary/aromatic N) is 4. The van der Waals surface area contributed by atoms with Gasteiger partial charge in [-0.1, -0.05) is 129 Å². The molecule has 9 unspecified atom stereocenters. The number of hydrogen-bond acceptors (Lipinski definition) is 2. The zero-order chi connectivity index (χ0) is 33.4. The molecule has 0 spiro atoms. The number of fused-ring (bicyclic) bond motifs is 8. The first-order valence-electron chi connectivity index (χ1n) is 19.2. The molecule has 4 nitrogen and oxygen atoms in total. The number of para-hydroxylation sites is 4. The Morgan fingerprint density at radius 2 is 0.947 bits per heavy atom. The molecular weight excluding hydrogens is 764 g/mol. The molecule has 6 aliphatic rings. The second-order valence-corrected chi connectivity index (χ2v) is 16.2. The van der Waals surface area contributed by atoms with Gasteiger partial charge in [0, 0.05) is 49.4 Å². The Bertz CT molecular complexity index is 1880. The van der Waals surface area contributed by atoms with Gasteiger partial charge in [-0.3, -0.25) is 0 Å². The summed E-state index contributed by atoms with van der Waals surface area (Å²) in [5.41, 5.74) is 14.6. The maximum absolute atomic E-state index is 5.10. The molecule has 0 saturated heterocycles. The molecule has 9 atom stereocenters. The first kappa shape index (κ1) is 52.5. The van der Waals surface area contributed by atoms with Crippen molar-refractivity contribution in [1.82, 2.24) is 0 Å². The third-order valence-corrected chi connectivity index (χ3v) is 13.5. The topological polar surface area (TPSA) is 34.7 Å². The fraction of sp³-hybridized carbons (Fsp3) is 0.412. The summed E-state index contributed by atoms with van der Waals surface area (Å²) in [6.45, 7) is 8.15. The van der Waals surface area contributed by atoms with Crippen molar-refractivity contribution >= 4 is 22.7 Å². The van der Waals surface area contributed by atoms with E-state index < -0.39 is 0 Å². The summed E-state index contributed by atoms with van der Waals surface area (Å²) in [6.07, 6.45) is 7.32. The predicted octanol–water partition coefficient (Wildman–Crippen LogP) is 13.8. The Kier molecular flexibility index (Phi) is 19.5. The Labute approximate surface area is 380 Å². The molecule has 4 aliphatic heterocycles. The van der Waals surface area contributed by atoms with E-state index in [0.29, 0.717) is 53.6 Å². The minimum atomic E-state index is 0. The van der Waals surface area contributed by atoms with Crippen LogP contribution in [0.3, 0.4) is 0 Å². The van der Waals surface area contributed by atoms with Gasteiger partial charge in [0.1, 0.15) is 0 Å². The molecular formula is C51H70N4Ti2. The van der Waals surface area contributed by atoms with Crippen molar-refractivity contribution in [3.05, 3.63) is 174 Å². The molecule has 0 amide bonds. The number of rotatable bonds is 2. The van der Waals surface area contributed by atoms with Crippen LogP contribution in [0.2, 0.25) is 0 Å². The van der Waals surface area contributed by atoms with Crippen molar-refractivity contribution in [2.75, 3.05) is 30.4 Å². The Morgan fingerprint density at radius 1 is 0.509 bits per heavy atom. The molecule has 10 rings (SSSR count). The SMILES string of the molecule is CC1CC2C(c3ccccc3N2C)C1c1cccc2c1[N-]CCC2.CC1CCc2cccc(C3C(C)CC4C3c3ccccc3N4C)c2[N-]1.[CH3-].[CH3-].[CH3-].[CH3-].[CH3-].[CH3-].[Ti+4].[Ti+4]. The molecule has 4 aromatic carbocycles. The summed E-state index contributed by atoms with van der Waals surface area (Å²) in [4.78, 5) is 5.06. The Hall–Kier alpha value is -2.49. The van der Waals surface area contributed by atoms with Crippen LogP contribution in [-0.4, -0.2) is 38.8 Å². The van der Waals surface area contributed by atoms with Crippen LogP contribution >= 0.6 is 0 Å². The van der Waals surface area contributed by atoms with E-state index in [1.54, 1.807) is 11.1 Å². The van der Waals surface area contributed by atoms with E-state index in [0.717, 1.165) is 6.54 Å². The van der Waals surface area contributed by atoms with Crippen molar-refractivity contribution < 1.29 is 43.4 Å². The molecule has 4 aromatic rings. The maximum atomic E-state index is 5.10. The molecule has 0 bridgehead atoms. The summed E-state index contributed by atoms with van der Waals surface area (Å²) in [5.74, 6) is 3.81. The van der Waals surface area contributed by atoms with Gasteiger partial charge in [-0.15, -0.1) is 24.0 Å². The number of benzene rings is 4. The minimum Gasteiger partial charge on any atom is -0.684 e. The summed E-state index contributed by atoms with van der Waals surface area (Å²) in [6, 6.07) is 33.6. The van der Waals surface area contributed by atoms with E-state index >= 15 is 0 Å². The largest absolute Gasteiger partial charge is 4.00 e. The van der Waals surface area contributed by atoms with Crippen LogP contribution in [0.25, 0.3) is 10.6 Å². The fourth-order valence-corrected chi connectivity index (χ4v) is 11.3. The normalized spacial score (nSPS) is 27.2. The number of likely N-dealkylation sites (N-methyl/N-ethyl adjacent to an activating group) is 2. The van der Waals surface area contributed by atoms with Crippen LogP contribution < -0.4 is 9.80 Å². The minimum absolute atomic E-state index is 0. The van der Waals surface area contributed by atoms with E-state index in [2.05, 4.69) is 130 Å². The van der Waals surface area contributed by atoms with Gasteiger partial charge in [-0.05, 0) is 72.6 Å². The van der Waals surface area contributed by atoms with Gasteiger partial charge in [0.2, 0.25) is 0 Å². The first-order chi connectivity index (χ1) is 23.9. The average Bonchev–Trinajstić information content (AvgIpc) is 3.82. The van der Waals surface area contributed by atoms with E-state index in [4.69, 9.17) is 10.6 Å². The van der Waals surface area contributed by atoms with Gasteiger partial charge < -0.3 is 65.0 Å². The third kappa shape index (κ3) is 8.73. The monoisotopic (exact) mass is 834 g/mol. The van der Waals surface area contributed by atoms with Crippen LogP contribution in [0.5, 0.6) is 0 Å². The molecule has 0 radical (unpaired) electrons. The smallest absolute Gasteiger partial charge is 0.684 e. The van der Waals surface area contributed by atoms with Gasteiger partial charge in [-0.25, -0.2) is 0 Å². The van der Waals surface area contributed by atoms with Crippen LogP contribution in [0, 0.1) is 56.4 Å². The van der Waals surface area contributed by atoms with E-state index in [1.165, 1.54) is 83.5 Å². The Morgan fingerprint density at radius 3 is 1.46 bits per heavy atom. The number of aryl methyl sites for hydroxylation is 2. The van der Waals surface area contributed by atoms with Crippen LogP contribution in [0.1, 0.15) is 104 Å². The fourth-order valence-electron chi connectivity index (χ4n) is 11.3. The Balaban J connectivity index is 0.000000500. The number of hydrogen-bond donors (Lipinski definition) is 0. The molecule has 0 aromatic heterocycles. The molecule has 0 N–H and O–H groups in total. The molecule has 4 heterocycles. The van der Waals surface area contributed by atoms with Crippen molar-refractivity contribution in [3.63, 3.8) is 0 Å². The van der Waals surface area contributed by atoms with Gasteiger partial charge in [0.05, 0.1) is 0 Å². The predicted molar refractivity (Wildman–Crippen MR) is 244 cm³/mol. The van der Waals surface area contributed by atoms with E-state index in [-0.39, 0.29) is 88.0 Å². The second-order valence-electron chi connectivity index (χ2n) is 16.2. The summed E-state index contributed by atoms with van der Waals surface area (Å²) in [7, 11) is 4.56. The van der Waals surface area contributed by atoms with E-state index in [9.17, 15) is 0 Å². The zero-order valence-corrected chi connectivity index (χ0v) is 40.1. The zero-order valence-electron chi connectivity index (χ0n) is 37.0. The molecule has 57 heavy (non-hydrogen) atoms. The molecule has 2 fully saturated rings. The van der Waals surface area contributed by atoms with Crippen molar-refractivity contribution in [2.24, 2.45) is 11.8 Å². The quantitative estimate of drug-likeness (QED) is 0.149. The second kappa shape index (κ2) is 21.2. The maximum Gasteiger partial charge on any atom is 4.00 e. The van der Waals surface area contributed by atoms with E-state index in [1.807, 2.05) is 0 Å². The summed E-state index contributed by atoms with van der Waals surface area (Å²) in [5, 5.41) is 10.0. The standard InChI is InChI=1S/C23H27N2.C22H25N2.6CH3.2Ti/c1-14-13-20-22(17-8-4-5-10-19(17)25(20)3)21(14)18-9-6-7-16-12-11-15(2)24-23(16)18;1-14-13-19-21(16-9-3-4-11-18(16)24(19)2)20(14)17-10-5-7-15-8-6-12-23-22(15)17;;;;;;;;/h4-10,14-15,20-22H,11-13H2,1-3H3;3-5,7,9-11,14,19-21H,6,8,12-13H2,1-2H3;6*1H3;;/q8*-1;2*+4.